The lowest BCUT2D eigenvalue weighted by atomic mass is 9.94. The average Bonchev–Trinajstić information content (AvgIpc) is 2.84. The standard InChI is InChI=1S/C27H37N3O4S/c1-20(2)18-21-8-11-24(12-9-21)35(33,34)28-22-10-13-26(25(19-22)27(31)32)30-16-14-29(15-17-30)23-6-4-3-5-7-23/h8-13,19-20,23,28H,3-7,14-18H2,1-2H3,(H,31,32). The molecule has 0 spiro atoms. The Morgan fingerprint density at radius 1 is 1.00 bits per heavy atom. The van der Waals surface area contributed by atoms with Crippen molar-refractivity contribution in [1.82, 2.24) is 4.90 Å². The van der Waals surface area contributed by atoms with Crippen LogP contribution >= 0.6 is 0 Å². The molecule has 1 saturated heterocycles. The van der Waals surface area contributed by atoms with Gasteiger partial charge < -0.3 is 10.0 Å². The highest BCUT2D eigenvalue weighted by atomic mass is 32.2. The van der Waals surface area contributed by atoms with Crippen LogP contribution < -0.4 is 9.62 Å². The minimum Gasteiger partial charge on any atom is -0.478 e. The zero-order chi connectivity index (χ0) is 25.0. The summed E-state index contributed by atoms with van der Waals surface area (Å²) < 4.78 is 28.4. The second kappa shape index (κ2) is 11.0. The first-order chi connectivity index (χ1) is 16.7. The molecule has 1 aliphatic heterocycles. The molecule has 2 fully saturated rings. The van der Waals surface area contributed by atoms with Gasteiger partial charge in [-0.3, -0.25) is 9.62 Å². The number of sulfonamides is 1. The van der Waals surface area contributed by atoms with Gasteiger partial charge in [-0.25, -0.2) is 13.2 Å². The highest BCUT2D eigenvalue weighted by molar-refractivity contribution is 7.92. The first kappa shape index (κ1) is 25.5. The number of carboxylic acids is 1. The van der Waals surface area contributed by atoms with E-state index in [4.69, 9.17) is 0 Å². The summed E-state index contributed by atoms with van der Waals surface area (Å²) in [5.74, 6) is -0.576. The molecule has 2 aromatic carbocycles. The Hall–Kier alpha value is -2.58. The smallest absolute Gasteiger partial charge is 0.337 e. The molecule has 0 atom stereocenters. The van der Waals surface area contributed by atoms with Crippen molar-refractivity contribution < 1.29 is 18.3 Å². The molecule has 1 aliphatic carbocycles. The third kappa shape index (κ3) is 6.35. The summed E-state index contributed by atoms with van der Waals surface area (Å²) in [7, 11) is -3.82. The fourth-order valence-electron chi connectivity index (χ4n) is 5.31. The highest BCUT2D eigenvalue weighted by Gasteiger charge is 2.27. The number of carboxylic acid groups (broad SMARTS) is 1. The van der Waals surface area contributed by atoms with E-state index in [-0.39, 0.29) is 16.1 Å². The molecule has 1 saturated carbocycles. The van der Waals surface area contributed by atoms with Crippen LogP contribution in [0.15, 0.2) is 47.4 Å². The molecule has 0 radical (unpaired) electrons. The van der Waals surface area contributed by atoms with Gasteiger partial charge in [0.1, 0.15) is 0 Å². The average molecular weight is 500 g/mol. The number of carbonyl (C=O) groups is 1. The van der Waals surface area contributed by atoms with Crippen molar-refractivity contribution in [2.45, 2.75) is 63.3 Å². The van der Waals surface area contributed by atoms with Crippen LogP contribution in [0.1, 0.15) is 61.9 Å². The molecule has 4 rings (SSSR count). The molecule has 0 unspecified atom stereocenters. The number of benzene rings is 2. The SMILES string of the molecule is CC(C)Cc1ccc(S(=O)(=O)Nc2ccc(N3CCN(C4CCCCC4)CC3)c(C(=O)O)c2)cc1. The zero-order valence-electron chi connectivity index (χ0n) is 20.7. The maximum Gasteiger partial charge on any atom is 0.337 e. The lowest BCUT2D eigenvalue weighted by Gasteiger charge is -2.41. The number of aromatic carboxylic acids is 1. The van der Waals surface area contributed by atoms with E-state index < -0.39 is 16.0 Å². The van der Waals surface area contributed by atoms with Crippen LogP contribution in [0.25, 0.3) is 0 Å². The van der Waals surface area contributed by atoms with Crippen LogP contribution in [0.5, 0.6) is 0 Å². The predicted molar refractivity (Wildman–Crippen MR) is 140 cm³/mol. The molecule has 35 heavy (non-hydrogen) atoms. The first-order valence-electron chi connectivity index (χ1n) is 12.7. The third-order valence-corrected chi connectivity index (χ3v) is 8.50. The fourth-order valence-corrected chi connectivity index (χ4v) is 6.36. The highest BCUT2D eigenvalue weighted by Crippen LogP contribution is 2.29. The number of nitrogens with zero attached hydrogens (tertiary/aromatic N) is 2. The summed E-state index contributed by atoms with van der Waals surface area (Å²) in [6.07, 6.45) is 7.33. The maximum absolute atomic E-state index is 12.9. The van der Waals surface area contributed by atoms with Crippen LogP contribution in [0, 0.1) is 5.92 Å². The molecule has 7 nitrogen and oxygen atoms in total. The van der Waals surface area contributed by atoms with Gasteiger partial charge in [-0.05, 0) is 61.1 Å². The summed E-state index contributed by atoms with van der Waals surface area (Å²) in [5.41, 5.74) is 2.09. The Balaban J connectivity index is 1.46. The fraction of sp³-hybridized carbons (Fsp3) is 0.519. The molecule has 190 valence electrons. The number of anilines is 2. The molecule has 0 amide bonds. The molecular weight excluding hydrogens is 462 g/mol. The first-order valence-corrected chi connectivity index (χ1v) is 14.2. The van der Waals surface area contributed by atoms with Gasteiger partial charge in [0.2, 0.25) is 0 Å². The van der Waals surface area contributed by atoms with E-state index in [1.165, 1.54) is 38.2 Å². The molecule has 2 aliphatic rings. The van der Waals surface area contributed by atoms with E-state index in [1.807, 2.05) is 12.1 Å². The second-order valence-corrected chi connectivity index (χ2v) is 11.9. The summed E-state index contributed by atoms with van der Waals surface area (Å²) >= 11 is 0. The van der Waals surface area contributed by atoms with Crippen molar-refractivity contribution >= 4 is 27.4 Å². The minimum atomic E-state index is -3.82. The van der Waals surface area contributed by atoms with Crippen LogP contribution in [0.3, 0.4) is 0 Å². The van der Waals surface area contributed by atoms with Crippen LogP contribution in [0.4, 0.5) is 11.4 Å². The zero-order valence-corrected chi connectivity index (χ0v) is 21.6. The number of rotatable bonds is 8. The summed E-state index contributed by atoms with van der Waals surface area (Å²) in [6.45, 7) is 7.62. The van der Waals surface area contributed by atoms with Crippen molar-refractivity contribution in [3.8, 4) is 0 Å². The maximum atomic E-state index is 12.9. The van der Waals surface area contributed by atoms with Gasteiger partial charge >= 0.3 is 5.97 Å². The van der Waals surface area contributed by atoms with Gasteiger partial charge in [-0.15, -0.1) is 0 Å². The quantitative estimate of drug-likeness (QED) is 0.540. The van der Waals surface area contributed by atoms with Crippen molar-refractivity contribution in [3.05, 3.63) is 53.6 Å². The molecule has 2 N–H and O–H groups in total. The Kier molecular flexibility index (Phi) is 8.02. The van der Waals surface area contributed by atoms with Gasteiger partial charge in [0.05, 0.1) is 16.1 Å². The summed E-state index contributed by atoms with van der Waals surface area (Å²) in [6, 6.07) is 12.3. The molecule has 8 heteroatoms. The summed E-state index contributed by atoms with van der Waals surface area (Å²) in [4.78, 5) is 16.9. The molecular formula is C27H37N3O4S. The molecule has 2 aromatic rings. The Labute approximate surface area is 209 Å². The largest absolute Gasteiger partial charge is 0.478 e. The lowest BCUT2D eigenvalue weighted by molar-refractivity contribution is 0.0697. The van der Waals surface area contributed by atoms with E-state index in [0.29, 0.717) is 17.6 Å². The van der Waals surface area contributed by atoms with Crippen LogP contribution in [0.2, 0.25) is 0 Å². The number of hydrogen-bond acceptors (Lipinski definition) is 5. The minimum absolute atomic E-state index is 0.114. The normalized spacial score (nSPS) is 18.1. The van der Waals surface area contributed by atoms with Gasteiger partial charge in [0, 0.05) is 37.9 Å². The van der Waals surface area contributed by atoms with Crippen molar-refractivity contribution in [1.29, 1.82) is 0 Å². The van der Waals surface area contributed by atoms with E-state index in [1.54, 1.807) is 24.3 Å². The predicted octanol–water partition coefficient (Wildman–Crippen LogP) is 4.84. The van der Waals surface area contributed by atoms with Gasteiger partial charge in [-0.2, -0.15) is 0 Å². The van der Waals surface area contributed by atoms with Crippen molar-refractivity contribution in [3.63, 3.8) is 0 Å². The van der Waals surface area contributed by atoms with Crippen molar-refractivity contribution in [2.24, 2.45) is 5.92 Å². The Morgan fingerprint density at radius 3 is 2.26 bits per heavy atom. The monoisotopic (exact) mass is 499 g/mol. The Morgan fingerprint density at radius 2 is 1.66 bits per heavy atom. The van der Waals surface area contributed by atoms with E-state index in [0.717, 1.165) is 38.2 Å². The second-order valence-electron chi connectivity index (χ2n) is 10.2. The van der Waals surface area contributed by atoms with E-state index in [2.05, 4.69) is 28.4 Å². The van der Waals surface area contributed by atoms with E-state index in [9.17, 15) is 18.3 Å². The van der Waals surface area contributed by atoms with Crippen molar-refractivity contribution in [2.75, 3.05) is 35.8 Å². The van der Waals surface area contributed by atoms with Crippen LogP contribution in [-0.2, 0) is 16.4 Å². The molecule has 0 aromatic heterocycles. The lowest BCUT2D eigenvalue weighted by Crippen LogP contribution is -2.51. The summed E-state index contributed by atoms with van der Waals surface area (Å²) in [5, 5.41) is 9.88. The Bertz CT molecular complexity index is 1120. The third-order valence-electron chi connectivity index (χ3n) is 7.10. The van der Waals surface area contributed by atoms with Gasteiger partial charge in [0.15, 0.2) is 0 Å². The molecule has 0 bridgehead atoms. The van der Waals surface area contributed by atoms with E-state index >= 15 is 0 Å². The van der Waals surface area contributed by atoms with Crippen LogP contribution in [-0.4, -0.2) is 56.6 Å². The molecule has 1 heterocycles. The number of piperazine rings is 1. The van der Waals surface area contributed by atoms with Gasteiger partial charge in [-0.1, -0.05) is 45.2 Å². The number of nitrogens with one attached hydrogen (secondary N) is 1. The number of hydrogen-bond donors (Lipinski definition) is 2. The topological polar surface area (TPSA) is 90.0 Å². The van der Waals surface area contributed by atoms with Gasteiger partial charge in [0.25, 0.3) is 10.0 Å².